The van der Waals surface area contributed by atoms with Crippen LogP contribution >= 0.6 is 11.3 Å². The lowest BCUT2D eigenvalue weighted by molar-refractivity contribution is -0.115. The third-order valence-corrected chi connectivity index (χ3v) is 4.63. The van der Waals surface area contributed by atoms with Gasteiger partial charge in [0.1, 0.15) is 0 Å². The van der Waals surface area contributed by atoms with Crippen molar-refractivity contribution in [1.29, 1.82) is 0 Å². The van der Waals surface area contributed by atoms with Crippen molar-refractivity contribution in [3.8, 4) is 11.3 Å². The number of aromatic nitrogens is 1. The van der Waals surface area contributed by atoms with E-state index < -0.39 is 0 Å². The molecule has 0 fully saturated rings. The van der Waals surface area contributed by atoms with Crippen LogP contribution in [0.3, 0.4) is 0 Å². The van der Waals surface area contributed by atoms with Gasteiger partial charge in [0.25, 0.3) is 0 Å². The Bertz CT molecular complexity index is 812. The van der Waals surface area contributed by atoms with Gasteiger partial charge in [0.05, 0.1) is 5.69 Å². The topological polar surface area (TPSA) is 45.2 Å². The number of nitrogens with zero attached hydrogens (tertiary/aromatic N) is 2. The number of amides is 1. The second kappa shape index (κ2) is 7.27. The normalized spacial score (nSPS) is 10.4. The molecule has 0 bridgehead atoms. The number of rotatable bonds is 5. The predicted octanol–water partition coefficient (Wildman–Crippen LogP) is 4.93. The molecule has 1 aromatic heterocycles. The number of hydrogen-bond donors (Lipinski definition) is 1. The lowest BCUT2D eigenvalue weighted by Gasteiger charge is -2.15. The number of carbonyl (C=O) groups excluding carboxylic acids is 1. The molecule has 5 heteroatoms. The molecule has 4 nitrogen and oxygen atoms in total. The maximum atomic E-state index is 11.4. The Morgan fingerprint density at radius 3 is 2.50 bits per heavy atom. The number of nitrogens with one attached hydrogen (secondary N) is 1. The van der Waals surface area contributed by atoms with E-state index in [0.29, 0.717) is 6.42 Å². The summed E-state index contributed by atoms with van der Waals surface area (Å²) >= 11 is 1.61. The van der Waals surface area contributed by atoms with Gasteiger partial charge in [0, 0.05) is 35.8 Å². The molecule has 0 aliphatic rings. The molecule has 1 N–H and O–H groups in total. The van der Waals surface area contributed by atoms with E-state index in [1.165, 1.54) is 0 Å². The Labute approximate surface area is 145 Å². The van der Waals surface area contributed by atoms with Gasteiger partial charge in [-0.1, -0.05) is 37.3 Å². The first-order valence-corrected chi connectivity index (χ1v) is 8.70. The van der Waals surface area contributed by atoms with Gasteiger partial charge >= 0.3 is 0 Å². The number of anilines is 3. The fraction of sp³-hybridized carbons (Fsp3) is 0.158. The van der Waals surface area contributed by atoms with Crippen LogP contribution < -0.4 is 10.2 Å². The highest BCUT2D eigenvalue weighted by molar-refractivity contribution is 7.14. The SMILES string of the molecule is CCC(=O)Nc1ccc(-c2csc(N(C)c3ccccc3)n2)cc1. The largest absolute Gasteiger partial charge is 0.326 e. The predicted molar refractivity (Wildman–Crippen MR) is 101 cm³/mol. The van der Waals surface area contributed by atoms with E-state index in [0.717, 1.165) is 27.8 Å². The van der Waals surface area contributed by atoms with Gasteiger partial charge in [-0.15, -0.1) is 11.3 Å². The van der Waals surface area contributed by atoms with E-state index in [2.05, 4.69) is 27.7 Å². The van der Waals surface area contributed by atoms with Crippen LogP contribution in [0.4, 0.5) is 16.5 Å². The van der Waals surface area contributed by atoms with E-state index >= 15 is 0 Å². The highest BCUT2D eigenvalue weighted by Crippen LogP contribution is 2.31. The van der Waals surface area contributed by atoms with E-state index in [-0.39, 0.29) is 5.91 Å². The molecule has 0 saturated heterocycles. The Kier molecular flexibility index (Phi) is 4.91. The summed E-state index contributed by atoms with van der Waals surface area (Å²) in [7, 11) is 2.02. The summed E-state index contributed by atoms with van der Waals surface area (Å²) in [5.41, 5.74) is 3.89. The molecule has 122 valence electrons. The summed E-state index contributed by atoms with van der Waals surface area (Å²) in [6, 6.07) is 17.9. The number of carbonyl (C=O) groups is 1. The molecular formula is C19H19N3OS. The molecule has 0 unspecified atom stereocenters. The summed E-state index contributed by atoms with van der Waals surface area (Å²) in [6.45, 7) is 1.84. The lowest BCUT2D eigenvalue weighted by Crippen LogP contribution is -2.09. The average Bonchev–Trinajstić information content (AvgIpc) is 3.12. The van der Waals surface area contributed by atoms with Crippen LogP contribution in [0.25, 0.3) is 11.3 Å². The standard InChI is InChI=1S/C19H19N3OS/c1-3-18(23)20-15-11-9-14(10-12-15)17-13-24-19(21-17)22(2)16-7-5-4-6-8-16/h4-13H,3H2,1-2H3,(H,20,23). The van der Waals surface area contributed by atoms with E-state index in [9.17, 15) is 4.79 Å². The van der Waals surface area contributed by atoms with Crippen LogP contribution in [0, 0.1) is 0 Å². The van der Waals surface area contributed by atoms with Gasteiger partial charge < -0.3 is 10.2 Å². The zero-order valence-electron chi connectivity index (χ0n) is 13.7. The molecule has 1 amide bonds. The van der Waals surface area contributed by atoms with Crippen molar-refractivity contribution in [2.24, 2.45) is 0 Å². The van der Waals surface area contributed by atoms with Gasteiger partial charge in [0.15, 0.2) is 5.13 Å². The number of benzene rings is 2. The summed E-state index contributed by atoms with van der Waals surface area (Å²) < 4.78 is 0. The minimum absolute atomic E-state index is 0.0168. The molecule has 0 saturated carbocycles. The second-order valence-electron chi connectivity index (χ2n) is 5.39. The van der Waals surface area contributed by atoms with Crippen molar-refractivity contribution in [1.82, 2.24) is 4.98 Å². The Balaban J connectivity index is 1.77. The fourth-order valence-corrected chi connectivity index (χ4v) is 3.11. The maximum absolute atomic E-state index is 11.4. The first-order chi connectivity index (χ1) is 11.7. The summed E-state index contributed by atoms with van der Waals surface area (Å²) in [4.78, 5) is 18.2. The fourth-order valence-electron chi connectivity index (χ4n) is 2.29. The molecule has 0 atom stereocenters. The van der Waals surface area contributed by atoms with Gasteiger partial charge in [-0.2, -0.15) is 0 Å². The smallest absolute Gasteiger partial charge is 0.224 e. The zero-order chi connectivity index (χ0) is 16.9. The minimum Gasteiger partial charge on any atom is -0.326 e. The molecule has 0 spiro atoms. The highest BCUT2D eigenvalue weighted by atomic mass is 32.1. The van der Waals surface area contributed by atoms with Crippen molar-refractivity contribution < 1.29 is 4.79 Å². The first-order valence-electron chi connectivity index (χ1n) is 7.82. The number of thiazole rings is 1. The van der Waals surface area contributed by atoms with Crippen molar-refractivity contribution in [2.45, 2.75) is 13.3 Å². The molecule has 2 aromatic carbocycles. The molecule has 0 aliphatic heterocycles. The molecule has 0 aliphatic carbocycles. The van der Waals surface area contributed by atoms with Gasteiger partial charge in [-0.05, 0) is 24.3 Å². The van der Waals surface area contributed by atoms with Crippen molar-refractivity contribution in [3.05, 3.63) is 60.0 Å². The van der Waals surface area contributed by atoms with Gasteiger partial charge in [0.2, 0.25) is 5.91 Å². The third kappa shape index (κ3) is 3.63. The Hall–Kier alpha value is -2.66. The summed E-state index contributed by atoms with van der Waals surface area (Å²) in [6.07, 6.45) is 0.475. The van der Waals surface area contributed by atoms with Crippen LogP contribution in [0.5, 0.6) is 0 Å². The lowest BCUT2D eigenvalue weighted by atomic mass is 10.1. The van der Waals surface area contributed by atoms with E-state index in [1.54, 1.807) is 11.3 Å². The van der Waals surface area contributed by atoms with Gasteiger partial charge in [-0.25, -0.2) is 4.98 Å². The highest BCUT2D eigenvalue weighted by Gasteiger charge is 2.10. The number of para-hydroxylation sites is 1. The van der Waals surface area contributed by atoms with Crippen LogP contribution in [-0.2, 0) is 4.79 Å². The first kappa shape index (κ1) is 16.2. The van der Waals surface area contributed by atoms with Crippen molar-refractivity contribution in [2.75, 3.05) is 17.3 Å². The number of hydrogen-bond acceptors (Lipinski definition) is 4. The van der Waals surface area contributed by atoms with Crippen LogP contribution in [0.15, 0.2) is 60.0 Å². The van der Waals surface area contributed by atoms with Crippen molar-refractivity contribution >= 4 is 33.8 Å². The van der Waals surface area contributed by atoms with Gasteiger partial charge in [-0.3, -0.25) is 4.79 Å². The summed E-state index contributed by atoms with van der Waals surface area (Å²) in [5.74, 6) is 0.0168. The van der Waals surface area contributed by atoms with E-state index in [4.69, 9.17) is 4.98 Å². The monoisotopic (exact) mass is 337 g/mol. The maximum Gasteiger partial charge on any atom is 0.224 e. The molecule has 0 radical (unpaired) electrons. The molecular weight excluding hydrogens is 318 g/mol. The Morgan fingerprint density at radius 1 is 1.12 bits per heavy atom. The summed E-state index contributed by atoms with van der Waals surface area (Å²) in [5, 5.41) is 5.84. The quantitative estimate of drug-likeness (QED) is 0.718. The van der Waals surface area contributed by atoms with Crippen LogP contribution in [0.1, 0.15) is 13.3 Å². The third-order valence-electron chi connectivity index (χ3n) is 3.71. The molecule has 3 aromatic rings. The second-order valence-corrected chi connectivity index (χ2v) is 6.23. The Morgan fingerprint density at radius 2 is 1.83 bits per heavy atom. The molecule has 1 heterocycles. The molecule has 24 heavy (non-hydrogen) atoms. The molecule has 3 rings (SSSR count). The van der Waals surface area contributed by atoms with Crippen molar-refractivity contribution in [3.63, 3.8) is 0 Å². The average molecular weight is 337 g/mol. The zero-order valence-corrected chi connectivity index (χ0v) is 14.5. The van der Waals surface area contributed by atoms with E-state index in [1.807, 2.05) is 56.4 Å². The minimum atomic E-state index is 0.0168. The van der Waals surface area contributed by atoms with Crippen LogP contribution in [0.2, 0.25) is 0 Å². The van der Waals surface area contributed by atoms with Crippen LogP contribution in [-0.4, -0.2) is 17.9 Å².